The van der Waals surface area contributed by atoms with Crippen LogP contribution in [0.15, 0.2) is 6.20 Å². The van der Waals surface area contributed by atoms with E-state index in [1.54, 1.807) is 10.9 Å². The zero-order valence-corrected chi connectivity index (χ0v) is 10.0. The maximum Gasteiger partial charge on any atom is 0.241 e. The van der Waals surface area contributed by atoms with Gasteiger partial charge in [0, 0.05) is 13.1 Å². The third-order valence-electron chi connectivity index (χ3n) is 1.96. The Balaban J connectivity index is 2.37. The number of hydrogen-bond donors (Lipinski definition) is 2. The molecule has 0 spiro atoms. The second-order valence-electron chi connectivity index (χ2n) is 4.14. The summed E-state index contributed by atoms with van der Waals surface area (Å²) in [5.41, 5.74) is 0.833. The van der Waals surface area contributed by atoms with Gasteiger partial charge in [0.25, 0.3) is 0 Å². The number of nitrogens with zero attached hydrogens (tertiary/aromatic N) is 3. The molecule has 0 aliphatic heterocycles. The highest BCUT2D eigenvalue weighted by Crippen LogP contribution is 1.92. The number of hydrogen-bond acceptors (Lipinski definition) is 4. The fourth-order valence-electron chi connectivity index (χ4n) is 1.20. The predicted octanol–water partition coefficient (Wildman–Crippen LogP) is -0.230. The Labute approximate surface area is 95.4 Å². The fourth-order valence-corrected chi connectivity index (χ4v) is 1.20. The van der Waals surface area contributed by atoms with E-state index in [0.29, 0.717) is 19.0 Å². The number of amides is 1. The summed E-state index contributed by atoms with van der Waals surface area (Å²) < 4.78 is 1.54. The molecule has 0 radical (unpaired) electrons. The van der Waals surface area contributed by atoms with E-state index in [-0.39, 0.29) is 12.5 Å². The summed E-state index contributed by atoms with van der Waals surface area (Å²) in [6.07, 6.45) is 1.77. The maximum atomic E-state index is 11.5. The fraction of sp³-hybridized carbons (Fsp3) is 0.700. The molecule has 0 saturated carbocycles. The van der Waals surface area contributed by atoms with E-state index in [9.17, 15) is 4.79 Å². The molecule has 1 amide bonds. The first-order valence-corrected chi connectivity index (χ1v) is 5.42. The zero-order valence-electron chi connectivity index (χ0n) is 10.0. The number of carbonyl (C=O) groups excluding carboxylic acids is 1. The minimum Gasteiger partial charge on any atom is -0.354 e. The molecule has 0 aromatic carbocycles. The van der Waals surface area contributed by atoms with Crippen LogP contribution in [0.5, 0.6) is 0 Å². The topological polar surface area (TPSA) is 71.8 Å². The molecule has 0 saturated heterocycles. The van der Waals surface area contributed by atoms with Crippen LogP contribution < -0.4 is 10.6 Å². The van der Waals surface area contributed by atoms with Gasteiger partial charge in [-0.2, -0.15) is 0 Å². The lowest BCUT2D eigenvalue weighted by atomic mass is 10.2. The minimum absolute atomic E-state index is 0.0328. The highest BCUT2D eigenvalue weighted by atomic mass is 16.2. The molecule has 6 nitrogen and oxygen atoms in total. The van der Waals surface area contributed by atoms with Crippen molar-refractivity contribution >= 4 is 5.91 Å². The minimum atomic E-state index is -0.0328. The molecule has 2 N–H and O–H groups in total. The Morgan fingerprint density at radius 1 is 1.56 bits per heavy atom. The van der Waals surface area contributed by atoms with Gasteiger partial charge in [-0.3, -0.25) is 4.79 Å². The molecule has 0 bridgehead atoms. The van der Waals surface area contributed by atoms with Gasteiger partial charge in [0.15, 0.2) is 0 Å². The predicted molar refractivity (Wildman–Crippen MR) is 60.6 cm³/mol. The molecular weight excluding hydrogens is 206 g/mol. The molecule has 0 unspecified atom stereocenters. The molecule has 90 valence electrons. The molecule has 16 heavy (non-hydrogen) atoms. The quantitative estimate of drug-likeness (QED) is 0.701. The summed E-state index contributed by atoms with van der Waals surface area (Å²) in [4.78, 5) is 11.5. The third kappa shape index (κ3) is 4.39. The standard InChI is InChI=1S/C10H19N5O/c1-8(2)4-12-10(16)7-15-6-9(5-11-3)13-14-15/h6,8,11H,4-5,7H2,1-3H3,(H,12,16). The average Bonchev–Trinajstić information content (AvgIpc) is 2.63. The van der Waals surface area contributed by atoms with E-state index >= 15 is 0 Å². The first kappa shape index (κ1) is 12.6. The highest BCUT2D eigenvalue weighted by Gasteiger charge is 2.05. The summed E-state index contributed by atoms with van der Waals surface area (Å²) in [7, 11) is 1.84. The van der Waals surface area contributed by atoms with Crippen LogP contribution in [0.3, 0.4) is 0 Å². The van der Waals surface area contributed by atoms with Crippen molar-refractivity contribution in [3.05, 3.63) is 11.9 Å². The van der Waals surface area contributed by atoms with Gasteiger partial charge in [-0.15, -0.1) is 5.10 Å². The van der Waals surface area contributed by atoms with Crippen LogP contribution in [-0.4, -0.2) is 34.5 Å². The Hall–Kier alpha value is -1.43. The Bertz CT molecular complexity index is 334. The van der Waals surface area contributed by atoms with Crippen molar-refractivity contribution in [2.45, 2.75) is 26.9 Å². The van der Waals surface area contributed by atoms with Crippen molar-refractivity contribution < 1.29 is 4.79 Å². The highest BCUT2D eigenvalue weighted by molar-refractivity contribution is 5.75. The van der Waals surface area contributed by atoms with E-state index in [1.165, 1.54) is 0 Å². The molecule has 0 atom stereocenters. The molecular formula is C10H19N5O. The first-order valence-electron chi connectivity index (χ1n) is 5.42. The SMILES string of the molecule is CNCc1cn(CC(=O)NCC(C)C)nn1. The van der Waals surface area contributed by atoms with Gasteiger partial charge in [-0.05, 0) is 13.0 Å². The molecule has 0 aliphatic carbocycles. The van der Waals surface area contributed by atoms with Crippen LogP contribution in [-0.2, 0) is 17.9 Å². The monoisotopic (exact) mass is 225 g/mol. The summed E-state index contributed by atoms with van der Waals surface area (Å²) in [6, 6.07) is 0. The number of nitrogens with one attached hydrogen (secondary N) is 2. The molecule has 6 heteroatoms. The maximum absolute atomic E-state index is 11.5. The molecule has 1 aromatic heterocycles. The van der Waals surface area contributed by atoms with Crippen LogP contribution in [0.4, 0.5) is 0 Å². The van der Waals surface area contributed by atoms with E-state index < -0.39 is 0 Å². The normalized spacial score (nSPS) is 10.8. The van der Waals surface area contributed by atoms with Gasteiger partial charge in [-0.25, -0.2) is 4.68 Å². The van der Waals surface area contributed by atoms with E-state index in [1.807, 2.05) is 7.05 Å². The van der Waals surface area contributed by atoms with Crippen LogP contribution in [0, 0.1) is 5.92 Å². The molecule has 1 aromatic rings. The van der Waals surface area contributed by atoms with Gasteiger partial charge in [0.05, 0.1) is 11.9 Å². The smallest absolute Gasteiger partial charge is 0.241 e. The Kier molecular flexibility index (Phi) is 4.91. The summed E-state index contributed by atoms with van der Waals surface area (Å²) in [5.74, 6) is 0.425. The Morgan fingerprint density at radius 3 is 2.94 bits per heavy atom. The lowest BCUT2D eigenvalue weighted by molar-refractivity contribution is -0.122. The second-order valence-corrected chi connectivity index (χ2v) is 4.14. The largest absolute Gasteiger partial charge is 0.354 e. The van der Waals surface area contributed by atoms with Crippen LogP contribution in [0.1, 0.15) is 19.5 Å². The second kappa shape index (κ2) is 6.22. The van der Waals surface area contributed by atoms with E-state index in [2.05, 4.69) is 34.8 Å². The van der Waals surface area contributed by atoms with Gasteiger partial charge in [0.1, 0.15) is 6.54 Å². The van der Waals surface area contributed by atoms with Crippen molar-refractivity contribution in [3.8, 4) is 0 Å². The summed E-state index contributed by atoms with van der Waals surface area (Å²) in [5, 5.41) is 13.6. The third-order valence-corrected chi connectivity index (χ3v) is 1.96. The first-order chi connectivity index (χ1) is 7.61. The molecule has 0 fully saturated rings. The van der Waals surface area contributed by atoms with Gasteiger partial charge in [0.2, 0.25) is 5.91 Å². The van der Waals surface area contributed by atoms with Crippen molar-refractivity contribution in [1.82, 2.24) is 25.6 Å². The Morgan fingerprint density at radius 2 is 2.31 bits per heavy atom. The summed E-state index contributed by atoms with van der Waals surface area (Å²) in [6.45, 7) is 5.69. The van der Waals surface area contributed by atoms with Crippen molar-refractivity contribution in [2.24, 2.45) is 5.92 Å². The molecule has 0 aliphatic rings. The molecule has 1 heterocycles. The number of aromatic nitrogens is 3. The van der Waals surface area contributed by atoms with Crippen molar-refractivity contribution in [2.75, 3.05) is 13.6 Å². The van der Waals surface area contributed by atoms with Crippen molar-refractivity contribution in [1.29, 1.82) is 0 Å². The van der Waals surface area contributed by atoms with Gasteiger partial charge >= 0.3 is 0 Å². The lowest BCUT2D eigenvalue weighted by Crippen LogP contribution is -2.30. The molecule has 1 rings (SSSR count). The van der Waals surface area contributed by atoms with Crippen molar-refractivity contribution in [3.63, 3.8) is 0 Å². The van der Waals surface area contributed by atoms with E-state index in [0.717, 1.165) is 5.69 Å². The lowest BCUT2D eigenvalue weighted by Gasteiger charge is -2.06. The average molecular weight is 225 g/mol. The summed E-state index contributed by atoms with van der Waals surface area (Å²) >= 11 is 0. The van der Waals surface area contributed by atoms with E-state index in [4.69, 9.17) is 0 Å². The van der Waals surface area contributed by atoms with Crippen LogP contribution in [0.25, 0.3) is 0 Å². The van der Waals surface area contributed by atoms with Crippen LogP contribution >= 0.6 is 0 Å². The van der Waals surface area contributed by atoms with Gasteiger partial charge in [-0.1, -0.05) is 19.1 Å². The zero-order chi connectivity index (χ0) is 12.0. The van der Waals surface area contributed by atoms with Gasteiger partial charge < -0.3 is 10.6 Å². The van der Waals surface area contributed by atoms with Crippen LogP contribution in [0.2, 0.25) is 0 Å². The number of carbonyl (C=O) groups is 1. The number of rotatable bonds is 6.